The van der Waals surface area contributed by atoms with E-state index < -0.39 is 40.9 Å². The lowest BCUT2D eigenvalue weighted by molar-refractivity contribution is -0.162. The van der Waals surface area contributed by atoms with E-state index in [0.717, 1.165) is 6.07 Å². The van der Waals surface area contributed by atoms with Gasteiger partial charge in [0.05, 0.1) is 10.6 Å². The molecule has 11 heteroatoms. The fourth-order valence-corrected chi connectivity index (χ4v) is 5.99. The molecule has 1 unspecified atom stereocenters. The molecule has 1 fully saturated rings. The Morgan fingerprint density at radius 1 is 1.18 bits per heavy atom. The second kappa shape index (κ2) is 9.91. The van der Waals surface area contributed by atoms with Gasteiger partial charge in [-0.15, -0.1) is 0 Å². The van der Waals surface area contributed by atoms with Gasteiger partial charge in [0.25, 0.3) is 5.91 Å². The average molecular weight is 509 g/mol. The molecular formula is C23H26F6N2O2S. The highest BCUT2D eigenvalue weighted by atomic mass is 32.2. The molecule has 1 aromatic carbocycles. The van der Waals surface area contributed by atoms with Gasteiger partial charge in [-0.1, -0.05) is 36.9 Å². The summed E-state index contributed by atoms with van der Waals surface area (Å²) in [5.41, 5.74) is -0.553. The SMILES string of the molecule is C[C@H](CC1=NC(=O)C(C)(CC2CCN(C(=O)CC(F)(F)F)CC2)S1)c1ccccc1C(F)(F)F. The predicted molar refractivity (Wildman–Crippen MR) is 118 cm³/mol. The van der Waals surface area contributed by atoms with Crippen molar-refractivity contribution >= 4 is 28.6 Å². The Balaban J connectivity index is 1.57. The highest BCUT2D eigenvalue weighted by Crippen LogP contribution is 2.44. The summed E-state index contributed by atoms with van der Waals surface area (Å²) in [7, 11) is 0. The molecule has 0 bridgehead atoms. The van der Waals surface area contributed by atoms with Crippen molar-refractivity contribution in [2.45, 2.75) is 69.0 Å². The highest BCUT2D eigenvalue weighted by molar-refractivity contribution is 8.16. The van der Waals surface area contributed by atoms with Crippen molar-refractivity contribution < 1.29 is 35.9 Å². The van der Waals surface area contributed by atoms with Crippen LogP contribution in [0.25, 0.3) is 0 Å². The van der Waals surface area contributed by atoms with Gasteiger partial charge in [0.15, 0.2) is 0 Å². The number of piperidine rings is 1. The van der Waals surface area contributed by atoms with E-state index in [-0.39, 0.29) is 36.9 Å². The van der Waals surface area contributed by atoms with E-state index in [2.05, 4.69) is 4.99 Å². The predicted octanol–water partition coefficient (Wildman–Crippen LogP) is 6.21. The van der Waals surface area contributed by atoms with Gasteiger partial charge < -0.3 is 4.90 Å². The van der Waals surface area contributed by atoms with E-state index >= 15 is 0 Å². The van der Waals surface area contributed by atoms with E-state index in [9.17, 15) is 35.9 Å². The quantitative estimate of drug-likeness (QED) is 0.430. The number of carbonyl (C=O) groups is 2. The third kappa shape index (κ3) is 6.55. The van der Waals surface area contributed by atoms with Crippen molar-refractivity contribution in [1.29, 1.82) is 0 Å². The molecule has 1 aromatic rings. The monoisotopic (exact) mass is 508 g/mol. The molecule has 0 saturated carbocycles. The van der Waals surface area contributed by atoms with Gasteiger partial charge in [-0.25, -0.2) is 4.99 Å². The standard InChI is InChI=1S/C23H26F6N2O2S/c1-14(16-5-3-4-6-17(16)23(27,28)29)11-18-30-20(33)21(2,34-18)12-15-7-9-31(10-8-15)19(32)13-22(24,25)26/h3-6,14-15H,7-13H2,1-2H3/t14-,21?/m1/s1. The lowest BCUT2D eigenvalue weighted by Gasteiger charge is -2.35. The average Bonchev–Trinajstić information content (AvgIpc) is 2.99. The molecule has 2 atom stereocenters. The molecule has 0 spiro atoms. The fraction of sp³-hybridized carbons (Fsp3) is 0.609. The zero-order chi connectivity index (χ0) is 25.3. The number of rotatable bonds is 6. The summed E-state index contributed by atoms with van der Waals surface area (Å²) in [5, 5.41) is 0.481. The number of benzene rings is 1. The van der Waals surface area contributed by atoms with Crippen molar-refractivity contribution in [2.24, 2.45) is 10.9 Å². The third-order valence-corrected chi connectivity index (χ3v) is 7.58. The third-order valence-electron chi connectivity index (χ3n) is 6.30. The van der Waals surface area contributed by atoms with E-state index in [1.807, 2.05) is 0 Å². The Morgan fingerprint density at radius 3 is 2.38 bits per heavy atom. The van der Waals surface area contributed by atoms with Crippen LogP contribution in [0.3, 0.4) is 0 Å². The summed E-state index contributed by atoms with van der Waals surface area (Å²) in [6.45, 7) is 3.81. The first-order valence-corrected chi connectivity index (χ1v) is 11.8. The molecule has 0 radical (unpaired) electrons. The first kappa shape index (κ1) is 26.6. The van der Waals surface area contributed by atoms with Crippen LogP contribution in [-0.2, 0) is 15.8 Å². The van der Waals surface area contributed by atoms with E-state index in [1.54, 1.807) is 19.9 Å². The Hall–Kier alpha value is -2.04. The molecule has 2 aliphatic heterocycles. The lowest BCUT2D eigenvalue weighted by Crippen LogP contribution is -2.42. The van der Waals surface area contributed by atoms with Crippen molar-refractivity contribution in [3.05, 3.63) is 35.4 Å². The second-order valence-corrected chi connectivity index (χ2v) is 10.7. The van der Waals surface area contributed by atoms with Gasteiger partial charge in [0.1, 0.15) is 11.2 Å². The number of thioether (sulfide) groups is 1. The maximum atomic E-state index is 13.4. The van der Waals surface area contributed by atoms with Gasteiger partial charge in [0.2, 0.25) is 5.91 Å². The number of hydrogen-bond donors (Lipinski definition) is 0. The van der Waals surface area contributed by atoms with Crippen molar-refractivity contribution in [1.82, 2.24) is 4.90 Å². The number of carbonyl (C=O) groups excluding carboxylic acids is 2. The van der Waals surface area contributed by atoms with Crippen LogP contribution >= 0.6 is 11.8 Å². The Kier molecular flexibility index (Phi) is 7.74. The van der Waals surface area contributed by atoms with Gasteiger partial charge in [-0.05, 0) is 49.7 Å². The summed E-state index contributed by atoms with van der Waals surface area (Å²) < 4.78 is 76.6. The van der Waals surface area contributed by atoms with Crippen molar-refractivity contribution in [3.8, 4) is 0 Å². The van der Waals surface area contributed by atoms with Gasteiger partial charge in [-0.3, -0.25) is 9.59 Å². The van der Waals surface area contributed by atoms with Crippen LogP contribution in [0.2, 0.25) is 0 Å². The number of hydrogen-bond acceptors (Lipinski definition) is 3. The zero-order valence-electron chi connectivity index (χ0n) is 18.8. The van der Waals surface area contributed by atoms with E-state index in [0.29, 0.717) is 24.3 Å². The van der Waals surface area contributed by atoms with Crippen LogP contribution in [0.15, 0.2) is 29.3 Å². The first-order chi connectivity index (χ1) is 15.7. The van der Waals surface area contributed by atoms with Crippen LogP contribution in [0.4, 0.5) is 26.3 Å². The number of alkyl halides is 6. The summed E-state index contributed by atoms with van der Waals surface area (Å²) in [5.74, 6) is -1.75. The van der Waals surface area contributed by atoms with Gasteiger partial charge in [-0.2, -0.15) is 26.3 Å². The summed E-state index contributed by atoms with van der Waals surface area (Å²) in [4.78, 5) is 29.8. The molecular weight excluding hydrogens is 482 g/mol. The molecule has 2 amide bonds. The van der Waals surface area contributed by atoms with E-state index in [4.69, 9.17) is 0 Å². The molecule has 188 valence electrons. The Morgan fingerprint density at radius 2 is 1.79 bits per heavy atom. The largest absolute Gasteiger partial charge is 0.416 e. The summed E-state index contributed by atoms with van der Waals surface area (Å²) in [6, 6.07) is 5.36. The highest BCUT2D eigenvalue weighted by Gasteiger charge is 2.44. The number of nitrogens with zero attached hydrogens (tertiary/aromatic N) is 2. The number of halogens is 6. The van der Waals surface area contributed by atoms with Crippen LogP contribution in [0.1, 0.15) is 63.0 Å². The van der Waals surface area contributed by atoms with Crippen LogP contribution < -0.4 is 0 Å². The molecule has 0 aromatic heterocycles. The molecule has 34 heavy (non-hydrogen) atoms. The number of amides is 2. The zero-order valence-corrected chi connectivity index (χ0v) is 19.6. The smallest absolute Gasteiger partial charge is 0.342 e. The molecule has 0 aliphatic carbocycles. The molecule has 2 heterocycles. The molecule has 0 N–H and O–H groups in total. The minimum absolute atomic E-state index is 0.0364. The minimum atomic E-state index is -4.54. The maximum Gasteiger partial charge on any atom is 0.416 e. The summed E-state index contributed by atoms with van der Waals surface area (Å²) >= 11 is 1.26. The normalized spacial score (nSPS) is 23.2. The van der Waals surface area contributed by atoms with Gasteiger partial charge in [0, 0.05) is 19.5 Å². The van der Waals surface area contributed by atoms with Crippen LogP contribution in [0.5, 0.6) is 0 Å². The summed E-state index contributed by atoms with van der Waals surface area (Å²) in [6.07, 6.45) is -8.89. The van der Waals surface area contributed by atoms with Crippen LogP contribution in [-0.4, -0.2) is 45.8 Å². The Bertz CT molecular complexity index is 954. The van der Waals surface area contributed by atoms with Crippen LogP contribution in [0, 0.1) is 5.92 Å². The molecule has 4 nitrogen and oxygen atoms in total. The maximum absolute atomic E-state index is 13.4. The Labute approximate surface area is 198 Å². The fourth-order valence-electron chi connectivity index (χ4n) is 4.55. The lowest BCUT2D eigenvalue weighted by atomic mass is 9.87. The number of aliphatic imine (C=N–C) groups is 1. The molecule has 1 saturated heterocycles. The van der Waals surface area contributed by atoms with Gasteiger partial charge >= 0.3 is 12.4 Å². The van der Waals surface area contributed by atoms with E-state index in [1.165, 1.54) is 28.8 Å². The first-order valence-electron chi connectivity index (χ1n) is 11.0. The second-order valence-electron chi connectivity index (χ2n) is 9.15. The number of likely N-dealkylation sites (tertiary alicyclic amines) is 1. The molecule has 3 rings (SSSR count). The molecule has 2 aliphatic rings. The van der Waals surface area contributed by atoms with Crippen molar-refractivity contribution in [3.63, 3.8) is 0 Å². The minimum Gasteiger partial charge on any atom is -0.342 e. The topological polar surface area (TPSA) is 49.7 Å². The van der Waals surface area contributed by atoms with Crippen molar-refractivity contribution in [2.75, 3.05) is 13.1 Å².